The topological polar surface area (TPSA) is 59.0 Å². The summed E-state index contributed by atoms with van der Waals surface area (Å²) in [7, 11) is 0. The van der Waals surface area contributed by atoms with Crippen LogP contribution in [0.15, 0.2) is 6.20 Å². The Kier molecular flexibility index (Phi) is 4.42. The molecule has 0 aliphatic carbocycles. The first-order valence-electron chi connectivity index (χ1n) is 7.77. The first kappa shape index (κ1) is 16.0. The van der Waals surface area contributed by atoms with E-state index < -0.39 is 0 Å². The summed E-state index contributed by atoms with van der Waals surface area (Å²) >= 11 is 0. The number of piperidine rings is 1. The summed E-state index contributed by atoms with van der Waals surface area (Å²) in [5.41, 5.74) is 1.70. The zero-order chi connectivity index (χ0) is 15.7. The highest BCUT2D eigenvalue weighted by Gasteiger charge is 2.28. The summed E-state index contributed by atoms with van der Waals surface area (Å²) < 4.78 is 1.91. The minimum absolute atomic E-state index is 0.0113. The second-order valence-corrected chi connectivity index (χ2v) is 7.47. The molecule has 0 unspecified atom stereocenters. The van der Waals surface area contributed by atoms with Crippen molar-refractivity contribution in [2.24, 2.45) is 5.41 Å². The fraction of sp³-hybridized carbons (Fsp3) is 0.750. The van der Waals surface area contributed by atoms with Crippen LogP contribution < -0.4 is 10.6 Å². The van der Waals surface area contributed by atoms with Crippen LogP contribution in [-0.2, 0) is 5.54 Å². The van der Waals surface area contributed by atoms with Gasteiger partial charge in [-0.1, -0.05) is 6.92 Å². The molecule has 1 aliphatic heterocycles. The van der Waals surface area contributed by atoms with E-state index in [1.165, 1.54) is 0 Å². The van der Waals surface area contributed by atoms with Crippen LogP contribution in [0.25, 0.3) is 0 Å². The number of nitrogens with one attached hydrogen (secondary N) is 2. The molecule has 2 N–H and O–H groups in total. The lowest BCUT2D eigenvalue weighted by Crippen LogP contribution is -2.43. The van der Waals surface area contributed by atoms with E-state index >= 15 is 0 Å². The zero-order valence-corrected chi connectivity index (χ0v) is 13.9. The first-order chi connectivity index (χ1) is 9.73. The van der Waals surface area contributed by atoms with Crippen molar-refractivity contribution in [1.29, 1.82) is 0 Å². The molecule has 1 aliphatic rings. The number of carbonyl (C=O) groups is 1. The quantitative estimate of drug-likeness (QED) is 0.896. The summed E-state index contributed by atoms with van der Waals surface area (Å²) in [6, 6.07) is 0. The lowest BCUT2D eigenvalue weighted by molar-refractivity contribution is 0.0921. The minimum Gasteiger partial charge on any atom is -0.351 e. The highest BCUT2D eigenvalue weighted by molar-refractivity contribution is 5.95. The Balaban J connectivity index is 2.02. The Morgan fingerprint density at radius 1 is 1.43 bits per heavy atom. The van der Waals surface area contributed by atoms with Crippen molar-refractivity contribution in [2.75, 3.05) is 19.6 Å². The van der Waals surface area contributed by atoms with Crippen molar-refractivity contribution >= 4 is 5.91 Å². The number of carbonyl (C=O) groups excluding carboxylic acids is 1. The monoisotopic (exact) mass is 292 g/mol. The molecule has 0 spiro atoms. The van der Waals surface area contributed by atoms with E-state index in [9.17, 15) is 4.79 Å². The average Bonchev–Trinajstić information content (AvgIpc) is 2.79. The third-order valence-electron chi connectivity index (χ3n) is 4.38. The molecule has 0 atom stereocenters. The van der Waals surface area contributed by atoms with E-state index in [1.54, 1.807) is 6.20 Å². The molecule has 0 bridgehead atoms. The summed E-state index contributed by atoms with van der Waals surface area (Å²) in [4.78, 5) is 12.4. The molecule has 1 aromatic rings. The molecule has 2 heterocycles. The van der Waals surface area contributed by atoms with E-state index in [0.717, 1.165) is 38.2 Å². The molecule has 0 radical (unpaired) electrons. The maximum Gasteiger partial charge on any atom is 0.254 e. The van der Waals surface area contributed by atoms with E-state index in [2.05, 4.69) is 43.4 Å². The second-order valence-electron chi connectivity index (χ2n) is 7.47. The number of aromatic nitrogens is 2. The Hall–Kier alpha value is -1.36. The summed E-state index contributed by atoms with van der Waals surface area (Å²) in [5.74, 6) is -0.0113. The second kappa shape index (κ2) is 5.79. The van der Waals surface area contributed by atoms with Crippen LogP contribution in [0, 0.1) is 12.3 Å². The highest BCUT2D eigenvalue weighted by atomic mass is 16.1. The molecule has 5 heteroatoms. The molecule has 1 amide bonds. The van der Waals surface area contributed by atoms with E-state index in [0.29, 0.717) is 5.56 Å². The molecule has 1 saturated heterocycles. The standard InChI is InChI=1S/C16H28N4O/c1-12-13(10-19-20(12)15(2,3)4)14(21)18-11-16(5)6-8-17-9-7-16/h10,17H,6-9,11H2,1-5H3,(H,18,21). The molecule has 0 saturated carbocycles. The third kappa shape index (κ3) is 3.64. The predicted molar refractivity (Wildman–Crippen MR) is 84.5 cm³/mol. The van der Waals surface area contributed by atoms with Gasteiger partial charge in [-0.3, -0.25) is 9.48 Å². The minimum atomic E-state index is -0.108. The number of nitrogens with zero attached hydrogens (tertiary/aromatic N) is 2. The van der Waals surface area contributed by atoms with Gasteiger partial charge in [-0.05, 0) is 59.0 Å². The number of rotatable bonds is 3. The molecule has 1 aromatic heterocycles. The lowest BCUT2D eigenvalue weighted by Gasteiger charge is -2.34. The van der Waals surface area contributed by atoms with Crippen molar-refractivity contribution in [2.45, 2.75) is 53.0 Å². The lowest BCUT2D eigenvalue weighted by atomic mass is 9.81. The highest BCUT2D eigenvalue weighted by Crippen LogP contribution is 2.27. The number of hydrogen-bond donors (Lipinski definition) is 2. The molecule has 2 rings (SSSR count). The maximum absolute atomic E-state index is 12.4. The average molecular weight is 292 g/mol. The van der Waals surface area contributed by atoms with Gasteiger partial charge in [0.05, 0.1) is 17.3 Å². The number of amides is 1. The molecule has 0 aromatic carbocycles. The largest absolute Gasteiger partial charge is 0.351 e. The Morgan fingerprint density at radius 2 is 2.05 bits per heavy atom. The Bertz CT molecular complexity index is 507. The van der Waals surface area contributed by atoms with E-state index in [4.69, 9.17) is 0 Å². The first-order valence-corrected chi connectivity index (χ1v) is 7.77. The number of hydrogen-bond acceptors (Lipinski definition) is 3. The van der Waals surface area contributed by atoms with Crippen molar-refractivity contribution < 1.29 is 4.79 Å². The van der Waals surface area contributed by atoms with Gasteiger partial charge in [0.2, 0.25) is 0 Å². The fourth-order valence-electron chi connectivity index (χ4n) is 2.90. The Morgan fingerprint density at radius 3 is 2.57 bits per heavy atom. The van der Waals surface area contributed by atoms with Gasteiger partial charge >= 0.3 is 0 Å². The summed E-state index contributed by atoms with van der Waals surface area (Å²) in [5, 5.41) is 10.8. The van der Waals surface area contributed by atoms with Gasteiger partial charge in [0.25, 0.3) is 5.91 Å². The van der Waals surface area contributed by atoms with Crippen LogP contribution in [0.3, 0.4) is 0 Å². The fourth-order valence-corrected chi connectivity index (χ4v) is 2.90. The van der Waals surface area contributed by atoms with Crippen LogP contribution >= 0.6 is 0 Å². The smallest absolute Gasteiger partial charge is 0.254 e. The molecule has 118 valence electrons. The van der Waals surface area contributed by atoms with Crippen molar-refractivity contribution in [1.82, 2.24) is 20.4 Å². The third-order valence-corrected chi connectivity index (χ3v) is 4.38. The maximum atomic E-state index is 12.4. The normalized spacial score (nSPS) is 18.5. The van der Waals surface area contributed by atoms with Crippen molar-refractivity contribution in [3.05, 3.63) is 17.5 Å². The van der Waals surface area contributed by atoms with E-state index in [-0.39, 0.29) is 16.9 Å². The predicted octanol–water partition coefficient (Wildman–Crippen LogP) is 2.07. The van der Waals surface area contributed by atoms with Gasteiger partial charge in [0.1, 0.15) is 0 Å². The van der Waals surface area contributed by atoms with Gasteiger partial charge in [-0.15, -0.1) is 0 Å². The molecule has 1 fully saturated rings. The van der Waals surface area contributed by atoms with Gasteiger partial charge < -0.3 is 10.6 Å². The van der Waals surface area contributed by atoms with Gasteiger partial charge in [0.15, 0.2) is 0 Å². The molecule has 21 heavy (non-hydrogen) atoms. The van der Waals surface area contributed by atoms with Crippen LogP contribution in [-0.4, -0.2) is 35.3 Å². The van der Waals surface area contributed by atoms with Gasteiger partial charge in [0, 0.05) is 12.2 Å². The van der Waals surface area contributed by atoms with Crippen LogP contribution in [0.1, 0.15) is 56.6 Å². The zero-order valence-electron chi connectivity index (χ0n) is 13.9. The SMILES string of the molecule is Cc1c(C(=O)NCC2(C)CCNCC2)cnn1C(C)(C)C. The van der Waals surface area contributed by atoms with Crippen LogP contribution in [0.2, 0.25) is 0 Å². The van der Waals surface area contributed by atoms with E-state index in [1.807, 2.05) is 11.6 Å². The molecule has 5 nitrogen and oxygen atoms in total. The summed E-state index contributed by atoms with van der Waals surface area (Å²) in [6.07, 6.45) is 3.89. The van der Waals surface area contributed by atoms with Crippen LogP contribution in [0.4, 0.5) is 0 Å². The summed E-state index contributed by atoms with van der Waals surface area (Å²) in [6.45, 7) is 13.3. The Labute approximate surface area is 127 Å². The molecular formula is C16H28N4O. The molecular weight excluding hydrogens is 264 g/mol. The van der Waals surface area contributed by atoms with Crippen molar-refractivity contribution in [3.63, 3.8) is 0 Å². The van der Waals surface area contributed by atoms with Crippen molar-refractivity contribution in [3.8, 4) is 0 Å². The van der Waals surface area contributed by atoms with Gasteiger partial charge in [-0.2, -0.15) is 5.10 Å². The van der Waals surface area contributed by atoms with Gasteiger partial charge in [-0.25, -0.2) is 0 Å². The van der Waals surface area contributed by atoms with Crippen LogP contribution in [0.5, 0.6) is 0 Å².